The van der Waals surface area contributed by atoms with E-state index in [-0.39, 0.29) is 12.4 Å². The monoisotopic (exact) mass is 217 g/mol. The second-order valence-electron chi connectivity index (χ2n) is 3.83. The van der Waals surface area contributed by atoms with Crippen molar-refractivity contribution in [3.63, 3.8) is 0 Å². The highest BCUT2D eigenvalue weighted by molar-refractivity contribution is 5.69. The number of aliphatic hydroxyl groups excluding tert-OH is 1. The van der Waals surface area contributed by atoms with Gasteiger partial charge in [0.05, 0.1) is 19.1 Å². The van der Waals surface area contributed by atoms with Crippen LogP contribution in [-0.2, 0) is 9.53 Å². The lowest BCUT2D eigenvalue weighted by Crippen LogP contribution is -2.31. The fourth-order valence-electron chi connectivity index (χ4n) is 1.13. The predicted octanol–water partition coefficient (Wildman–Crippen LogP) is 0.936. The minimum Gasteiger partial charge on any atom is -0.466 e. The molecule has 2 atom stereocenters. The van der Waals surface area contributed by atoms with Crippen molar-refractivity contribution in [2.75, 3.05) is 19.7 Å². The van der Waals surface area contributed by atoms with Gasteiger partial charge in [-0.3, -0.25) is 4.79 Å². The summed E-state index contributed by atoms with van der Waals surface area (Å²) in [6.07, 6.45) is 0.538. The third-order valence-corrected chi connectivity index (χ3v) is 2.28. The van der Waals surface area contributed by atoms with Crippen LogP contribution in [0.3, 0.4) is 0 Å². The van der Waals surface area contributed by atoms with E-state index in [4.69, 9.17) is 4.74 Å². The number of rotatable bonds is 8. The summed E-state index contributed by atoms with van der Waals surface area (Å²) in [6, 6.07) is 0. The number of nitrogens with one attached hydrogen (secondary N) is 1. The van der Waals surface area contributed by atoms with E-state index in [1.807, 2.05) is 0 Å². The van der Waals surface area contributed by atoms with Crippen molar-refractivity contribution in [2.45, 2.75) is 39.7 Å². The smallest absolute Gasteiger partial charge is 0.308 e. The highest BCUT2D eigenvalue weighted by Crippen LogP contribution is 1.98. The van der Waals surface area contributed by atoms with Gasteiger partial charge in [-0.2, -0.15) is 0 Å². The highest BCUT2D eigenvalue weighted by atomic mass is 16.5. The van der Waals surface area contributed by atoms with Crippen molar-refractivity contribution in [1.82, 2.24) is 5.32 Å². The first-order valence-electron chi connectivity index (χ1n) is 5.64. The maximum atomic E-state index is 11.0. The second kappa shape index (κ2) is 8.68. The van der Waals surface area contributed by atoms with E-state index in [0.717, 1.165) is 13.0 Å². The fraction of sp³-hybridized carbons (Fsp3) is 0.909. The average Bonchev–Trinajstić information content (AvgIpc) is 2.17. The molecule has 0 radical (unpaired) electrons. The summed E-state index contributed by atoms with van der Waals surface area (Å²) in [5, 5.41) is 12.6. The molecule has 90 valence electrons. The molecule has 0 aliphatic heterocycles. The van der Waals surface area contributed by atoms with Gasteiger partial charge in [-0.1, -0.05) is 20.3 Å². The van der Waals surface area contributed by atoms with Gasteiger partial charge in [0, 0.05) is 6.54 Å². The Bertz CT molecular complexity index is 173. The second-order valence-corrected chi connectivity index (χ2v) is 3.83. The first-order valence-corrected chi connectivity index (χ1v) is 5.64. The van der Waals surface area contributed by atoms with Crippen LogP contribution in [0.15, 0.2) is 0 Å². The van der Waals surface area contributed by atoms with E-state index >= 15 is 0 Å². The SMILES string of the molecule is CCOC(=O)CC(O)CNCC(C)CC. The summed E-state index contributed by atoms with van der Waals surface area (Å²) in [5.41, 5.74) is 0. The van der Waals surface area contributed by atoms with Gasteiger partial charge in [0.1, 0.15) is 0 Å². The molecule has 0 fully saturated rings. The fourth-order valence-corrected chi connectivity index (χ4v) is 1.13. The Balaban J connectivity index is 3.48. The Morgan fingerprint density at radius 3 is 2.60 bits per heavy atom. The number of hydrogen-bond donors (Lipinski definition) is 2. The highest BCUT2D eigenvalue weighted by Gasteiger charge is 2.11. The van der Waals surface area contributed by atoms with Crippen molar-refractivity contribution >= 4 is 5.97 Å². The summed E-state index contributed by atoms with van der Waals surface area (Å²) in [6.45, 7) is 7.71. The topological polar surface area (TPSA) is 58.6 Å². The zero-order valence-corrected chi connectivity index (χ0v) is 9.95. The molecule has 4 heteroatoms. The van der Waals surface area contributed by atoms with Gasteiger partial charge >= 0.3 is 5.97 Å². The Hall–Kier alpha value is -0.610. The quantitative estimate of drug-likeness (QED) is 0.594. The Labute approximate surface area is 92.0 Å². The molecule has 0 aromatic rings. The largest absolute Gasteiger partial charge is 0.466 e. The van der Waals surface area contributed by atoms with Gasteiger partial charge in [-0.05, 0) is 19.4 Å². The summed E-state index contributed by atoms with van der Waals surface area (Å²) in [7, 11) is 0. The number of carbonyl (C=O) groups is 1. The first kappa shape index (κ1) is 14.4. The molecule has 0 rings (SSSR count). The number of ether oxygens (including phenoxy) is 1. The lowest BCUT2D eigenvalue weighted by Gasteiger charge is -2.13. The average molecular weight is 217 g/mol. The molecule has 4 nitrogen and oxygen atoms in total. The van der Waals surface area contributed by atoms with Crippen molar-refractivity contribution in [1.29, 1.82) is 0 Å². The number of aliphatic hydroxyl groups is 1. The lowest BCUT2D eigenvalue weighted by atomic mass is 10.1. The van der Waals surface area contributed by atoms with Crippen LogP contribution >= 0.6 is 0 Å². The molecular formula is C11H23NO3. The van der Waals surface area contributed by atoms with E-state index in [1.54, 1.807) is 6.92 Å². The minimum absolute atomic E-state index is 0.0708. The van der Waals surface area contributed by atoms with E-state index in [9.17, 15) is 9.90 Å². The maximum Gasteiger partial charge on any atom is 0.308 e. The Morgan fingerprint density at radius 1 is 1.40 bits per heavy atom. The van der Waals surface area contributed by atoms with Crippen molar-refractivity contribution in [3.8, 4) is 0 Å². The zero-order chi connectivity index (χ0) is 11.7. The van der Waals surface area contributed by atoms with E-state index in [1.165, 1.54) is 0 Å². The number of carbonyl (C=O) groups excluding carboxylic acids is 1. The first-order chi connectivity index (χ1) is 7.10. The van der Waals surface area contributed by atoms with Crippen molar-refractivity contribution in [2.24, 2.45) is 5.92 Å². The third-order valence-electron chi connectivity index (χ3n) is 2.28. The Morgan fingerprint density at radius 2 is 2.07 bits per heavy atom. The Kier molecular flexibility index (Phi) is 8.33. The van der Waals surface area contributed by atoms with Crippen LogP contribution in [0.2, 0.25) is 0 Å². The van der Waals surface area contributed by atoms with Crippen LogP contribution in [0.1, 0.15) is 33.6 Å². The molecule has 0 heterocycles. The number of hydrogen-bond acceptors (Lipinski definition) is 4. The summed E-state index contributed by atoms with van der Waals surface area (Å²) in [4.78, 5) is 11.0. The maximum absolute atomic E-state index is 11.0. The molecule has 0 amide bonds. The summed E-state index contributed by atoms with van der Waals surface area (Å²) < 4.78 is 4.73. The van der Waals surface area contributed by atoms with Crippen LogP contribution < -0.4 is 5.32 Å². The molecule has 0 aliphatic carbocycles. The lowest BCUT2D eigenvalue weighted by molar-refractivity contribution is -0.145. The molecule has 2 N–H and O–H groups in total. The van der Waals surface area contributed by atoms with E-state index in [0.29, 0.717) is 19.1 Å². The van der Waals surface area contributed by atoms with Gasteiger partial charge < -0.3 is 15.2 Å². The van der Waals surface area contributed by atoms with Gasteiger partial charge in [0.2, 0.25) is 0 Å². The van der Waals surface area contributed by atoms with Gasteiger partial charge in [0.25, 0.3) is 0 Å². The number of esters is 1. The van der Waals surface area contributed by atoms with E-state index in [2.05, 4.69) is 19.2 Å². The van der Waals surface area contributed by atoms with Crippen molar-refractivity contribution < 1.29 is 14.6 Å². The molecule has 0 aliphatic rings. The van der Waals surface area contributed by atoms with Gasteiger partial charge in [-0.15, -0.1) is 0 Å². The summed E-state index contributed by atoms with van der Waals surface area (Å²) in [5.74, 6) is 0.259. The van der Waals surface area contributed by atoms with Crippen LogP contribution in [-0.4, -0.2) is 36.9 Å². The van der Waals surface area contributed by atoms with Crippen LogP contribution in [0, 0.1) is 5.92 Å². The molecule has 0 saturated carbocycles. The normalized spacial score (nSPS) is 14.7. The molecule has 0 saturated heterocycles. The van der Waals surface area contributed by atoms with Crippen LogP contribution in [0.25, 0.3) is 0 Å². The molecule has 0 spiro atoms. The molecule has 15 heavy (non-hydrogen) atoms. The third kappa shape index (κ3) is 8.39. The minimum atomic E-state index is -0.645. The molecule has 2 unspecified atom stereocenters. The van der Waals surface area contributed by atoms with Gasteiger partial charge in [0.15, 0.2) is 0 Å². The van der Waals surface area contributed by atoms with Crippen molar-refractivity contribution in [3.05, 3.63) is 0 Å². The molecular weight excluding hydrogens is 194 g/mol. The molecule has 0 aromatic heterocycles. The van der Waals surface area contributed by atoms with E-state index < -0.39 is 6.10 Å². The van der Waals surface area contributed by atoms with Crippen LogP contribution in [0.4, 0.5) is 0 Å². The molecule has 0 bridgehead atoms. The zero-order valence-electron chi connectivity index (χ0n) is 9.95. The molecule has 0 aromatic carbocycles. The van der Waals surface area contributed by atoms with Crippen LogP contribution in [0.5, 0.6) is 0 Å². The van der Waals surface area contributed by atoms with Gasteiger partial charge in [-0.25, -0.2) is 0 Å². The standard InChI is InChI=1S/C11H23NO3/c1-4-9(3)7-12-8-10(13)6-11(14)15-5-2/h9-10,12-13H,4-8H2,1-3H3. The summed E-state index contributed by atoms with van der Waals surface area (Å²) >= 11 is 0. The predicted molar refractivity (Wildman–Crippen MR) is 59.6 cm³/mol.